The Bertz CT molecular complexity index is 1860. The van der Waals surface area contributed by atoms with Crippen molar-refractivity contribution in [2.45, 2.75) is 31.6 Å². The molecule has 13 heteroatoms. The average Bonchev–Trinajstić information content (AvgIpc) is 3.81. The minimum atomic E-state index is -4.47. The van der Waals surface area contributed by atoms with Crippen LogP contribution in [-0.4, -0.2) is 92.9 Å². The summed E-state index contributed by atoms with van der Waals surface area (Å²) in [5.41, 5.74) is 3.13. The van der Waals surface area contributed by atoms with Gasteiger partial charge in [-0.15, -0.1) is 0 Å². The highest BCUT2D eigenvalue weighted by Crippen LogP contribution is 2.33. The molecule has 0 spiro atoms. The van der Waals surface area contributed by atoms with Crippen molar-refractivity contribution in [1.82, 2.24) is 34.3 Å². The molecule has 2 atom stereocenters. The largest absolute Gasteiger partial charge is 0.480 e. The standard InChI is InChI=1S/C33H34F3N7O3/c1-45-32-23(14-22-6-2-3-7-24(22)40-32)26-16-37-31(39-26)28-18-41(17-21-10-13-46-20-21)11-12-42(28)30(44)19-43-27-9-5-4-8-25(27)38-29(43)15-33(34,35)36/h2-9,14,16,21,28H,10-13,15,17-20H2,1H3,(H,37,39)/t21?,28-/m0/s1. The maximum atomic E-state index is 14.1. The van der Waals surface area contributed by atoms with Crippen molar-refractivity contribution >= 4 is 27.8 Å². The molecule has 5 heterocycles. The highest BCUT2D eigenvalue weighted by Gasteiger charge is 2.36. The van der Waals surface area contributed by atoms with Crippen LogP contribution in [0.5, 0.6) is 5.88 Å². The Morgan fingerprint density at radius 2 is 1.89 bits per heavy atom. The lowest BCUT2D eigenvalue weighted by atomic mass is 10.1. The van der Waals surface area contributed by atoms with E-state index in [9.17, 15) is 18.0 Å². The SMILES string of the molecule is COc1nc2ccccc2cc1-c1cnc([C@@H]2CN(CC3CCOC3)CCN2C(=O)Cn2c(CC(F)(F)F)nc3ccccc32)[nH]1. The quantitative estimate of drug-likeness (QED) is 0.257. The van der Waals surface area contributed by atoms with Gasteiger partial charge in [-0.3, -0.25) is 9.69 Å². The number of hydrogen-bond acceptors (Lipinski definition) is 7. The predicted octanol–water partition coefficient (Wildman–Crippen LogP) is 5.01. The monoisotopic (exact) mass is 633 g/mol. The van der Waals surface area contributed by atoms with Gasteiger partial charge in [0.05, 0.1) is 47.7 Å². The van der Waals surface area contributed by atoms with Crippen LogP contribution in [0.4, 0.5) is 13.2 Å². The Morgan fingerprint density at radius 3 is 2.67 bits per heavy atom. The van der Waals surface area contributed by atoms with Gasteiger partial charge < -0.3 is 23.9 Å². The number of carbonyl (C=O) groups excluding carboxylic acids is 1. The molecule has 2 aromatic carbocycles. The van der Waals surface area contributed by atoms with Crippen molar-refractivity contribution in [1.29, 1.82) is 0 Å². The van der Waals surface area contributed by atoms with Crippen molar-refractivity contribution in [3.63, 3.8) is 0 Å². The summed E-state index contributed by atoms with van der Waals surface area (Å²) in [6.07, 6.45) is -3.00. The van der Waals surface area contributed by atoms with E-state index in [1.807, 2.05) is 30.3 Å². The third-order valence-electron chi connectivity index (χ3n) is 8.79. The Kier molecular flexibility index (Phi) is 8.11. The first-order valence-electron chi connectivity index (χ1n) is 15.4. The normalized spacial score (nSPS) is 19.3. The number of aromatic nitrogens is 5. The van der Waals surface area contributed by atoms with Gasteiger partial charge in [-0.25, -0.2) is 15.0 Å². The predicted molar refractivity (Wildman–Crippen MR) is 165 cm³/mol. The number of piperazine rings is 1. The zero-order valence-corrected chi connectivity index (χ0v) is 25.3. The fourth-order valence-electron chi connectivity index (χ4n) is 6.56. The van der Waals surface area contributed by atoms with Gasteiger partial charge >= 0.3 is 6.18 Å². The number of hydrogen-bond donors (Lipinski definition) is 1. The lowest BCUT2D eigenvalue weighted by Crippen LogP contribution is -2.52. The van der Waals surface area contributed by atoms with E-state index in [4.69, 9.17) is 14.5 Å². The molecule has 7 rings (SSSR count). The Hall–Kier alpha value is -4.49. The number of methoxy groups -OCH3 is 1. The van der Waals surface area contributed by atoms with E-state index < -0.39 is 18.6 Å². The number of ether oxygens (including phenoxy) is 2. The molecular weight excluding hydrogens is 599 g/mol. The Morgan fingerprint density at radius 1 is 1.09 bits per heavy atom. The summed E-state index contributed by atoms with van der Waals surface area (Å²) in [4.78, 5) is 35.2. The van der Waals surface area contributed by atoms with Gasteiger partial charge in [0.2, 0.25) is 11.8 Å². The lowest BCUT2D eigenvalue weighted by molar-refractivity contribution is -0.138. The summed E-state index contributed by atoms with van der Waals surface area (Å²) in [6.45, 7) is 3.56. The number of carbonyl (C=O) groups is 1. The average molecular weight is 634 g/mol. The topological polar surface area (TPSA) is 101 Å². The summed E-state index contributed by atoms with van der Waals surface area (Å²) in [6, 6.07) is 16.1. The molecule has 1 N–H and O–H groups in total. The van der Waals surface area contributed by atoms with Crippen molar-refractivity contribution in [3.05, 3.63) is 72.4 Å². The number of nitrogens with zero attached hydrogens (tertiary/aromatic N) is 6. The summed E-state index contributed by atoms with van der Waals surface area (Å²) in [7, 11) is 1.57. The number of nitrogens with one attached hydrogen (secondary N) is 1. The first-order valence-corrected chi connectivity index (χ1v) is 15.4. The smallest absolute Gasteiger partial charge is 0.396 e. The highest BCUT2D eigenvalue weighted by molar-refractivity contribution is 5.85. The van der Waals surface area contributed by atoms with Crippen LogP contribution in [0.3, 0.4) is 0 Å². The molecule has 240 valence electrons. The molecule has 1 unspecified atom stereocenters. The number of aromatic amines is 1. The minimum Gasteiger partial charge on any atom is -0.480 e. The molecule has 2 fully saturated rings. The number of rotatable bonds is 8. The second-order valence-corrected chi connectivity index (χ2v) is 11.9. The molecule has 46 heavy (non-hydrogen) atoms. The van der Waals surface area contributed by atoms with E-state index in [0.717, 1.165) is 36.0 Å². The van der Waals surface area contributed by atoms with Crippen molar-refractivity contribution in [3.8, 4) is 17.1 Å². The van der Waals surface area contributed by atoms with Gasteiger partial charge in [-0.05, 0) is 36.6 Å². The molecular formula is C33H34F3N7O3. The fourth-order valence-corrected chi connectivity index (χ4v) is 6.56. The van der Waals surface area contributed by atoms with Crippen LogP contribution in [0.15, 0.2) is 60.8 Å². The zero-order chi connectivity index (χ0) is 31.8. The lowest BCUT2D eigenvalue weighted by Gasteiger charge is -2.41. The second kappa shape index (κ2) is 12.4. The maximum absolute atomic E-state index is 14.1. The molecule has 0 saturated carbocycles. The van der Waals surface area contributed by atoms with Crippen LogP contribution >= 0.6 is 0 Å². The third kappa shape index (κ3) is 6.16. The number of H-pyrrole nitrogens is 1. The molecule has 3 aromatic heterocycles. The molecule has 0 radical (unpaired) electrons. The Balaban J connectivity index is 1.21. The van der Waals surface area contributed by atoms with E-state index in [2.05, 4.69) is 19.9 Å². The fraction of sp³-hybridized carbons (Fsp3) is 0.394. The molecule has 2 aliphatic rings. The van der Waals surface area contributed by atoms with Gasteiger partial charge in [-0.2, -0.15) is 13.2 Å². The maximum Gasteiger partial charge on any atom is 0.396 e. The van der Waals surface area contributed by atoms with Gasteiger partial charge in [0.25, 0.3) is 0 Å². The van der Waals surface area contributed by atoms with Crippen LogP contribution < -0.4 is 4.74 Å². The van der Waals surface area contributed by atoms with Crippen molar-refractivity contribution in [2.24, 2.45) is 5.92 Å². The van der Waals surface area contributed by atoms with Crippen LogP contribution in [0.2, 0.25) is 0 Å². The van der Waals surface area contributed by atoms with Gasteiger partial charge in [0.1, 0.15) is 30.7 Å². The van der Waals surface area contributed by atoms with Crippen LogP contribution in [0.1, 0.15) is 24.1 Å². The van der Waals surface area contributed by atoms with E-state index in [0.29, 0.717) is 60.6 Å². The van der Waals surface area contributed by atoms with E-state index in [1.54, 1.807) is 42.5 Å². The van der Waals surface area contributed by atoms with E-state index in [-0.39, 0.29) is 18.3 Å². The summed E-state index contributed by atoms with van der Waals surface area (Å²) in [5, 5.41) is 0.941. The summed E-state index contributed by atoms with van der Waals surface area (Å²) < 4.78 is 53.2. The van der Waals surface area contributed by atoms with Gasteiger partial charge in [0, 0.05) is 38.2 Å². The number of amides is 1. The molecule has 0 aliphatic carbocycles. The van der Waals surface area contributed by atoms with Crippen LogP contribution in [0.25, 0.3) is 33.2 Å². The summed E-state index contributed by atoms with van der Waals surface area (Å²) in [5.74, 6) is 0.942. The van der Waals surface area contributed by atoms with E-state index >= 15 is 0 Å². The van der Waals surface area contributed by atoms with Gasteiger partial charge in [0.15, 0.2) is 0 Å². The molecule has 5 aromatic rings. The molecule has 2 aliphatic heterocycles. The number of para-hydroxylation sites is 3. The number of halogens is 3. The zero-order valence-electron chi connectivity index (χ0n) is 25.3. The van der Waals surface area contributed by atoms with Crippen LogP contribution in [0, 0.1) is 5.92 Å². The number of pyridine rings is 1. The summed E-state index contributed by atoms with van der Waals surface area (Å²) >= 11 is 0. The first-order chi connectivity index (χ1) is 22.3. The van der Waals surface area contributed by atoms with E-state index in [1.165, 1.54) is 4.57 Å². The number of imidazole rings is 2. The molecule has 0 bridgehead atoms. The third-order valence-corrected chi connectivity index (χ3v) is 8.79. The first kappa shape index (κ1) is 30.2. The number of benzene rings is 2. The second-order valence-electron chi connectivity index (χ2n) is 11.9. The molecule has 2 saturated heterocycles. The van der Waals surface area contributed by atoms with Gasteiger partial charge in [-0.1, -0.05) is 30.3 Å². The number of fused-ring (bicyclic) bond motifs is 2. The Labute approximate surface area is 263 Å². The van der Waals surface area contributed by atoms with Crippen molar-refractivity contribution in [2.75, 3.05) is 46.5 Å². The number of alkyl halides is 3. The highest BCUT2D eigenvalue weighted by atomic mass is 19.4. The minimum absolute atomic E-state index is 0.186. The molecule has 10 nitrogen and oxygen atoms in total. The van der Waals surface area contributed by atoms with Crippen molar-refractivity contribution < 1.29 is 27.4 Å². The molecule has 1 amide bonds. The van der Waals surface area contributed by atoms with Crippen LogP contribution in [-0.2, 0) is 22.5 Å².